The summed E-state index contributed by atoms with van der Waals surface area (Å²) < 4.78 is 5.17. The number of aromatic nitrogens is 1. The molecule has 16 heavy (non-hydrogen) atoms. The summed E-state index contributed by atoms with van der Waals surface area (Å²) in [6.07, 6.45) is 4.24. The van der Waals surface area contributed by atoms with Gasteiger partial charge in [-0.05, 0) is 25.0 Å². The molecule has 2 N–H and O–H groups in total. The van der Waals surface area contributed by atoms with Crippen molar-refractivity contribution in [2.24, 2.45) is 0 Å². The number of carbonyl (C=O) groups excluding carboxylic acids is 1. The Labute approximate surface area is 94.2 Å². The van der Waals surface area contributed by atoms with Gasteiger partial charge in [-0.25, -0.2) is 4.79 Å². The maximum Gasteiger partial charge on any atom is 0.319 e. The second kappa shape index (κ2) is 4.94. The lowest BCUT2D eigenvalue weighted by molar-refractivity contribution is 0.189. The zero-order valence-electron chi connectivity index (χ0n) is 9.19. The Hall–Kier alpha value is -1.62. The van der Waals surface area contributed by atoms with Crippen LogP contribution >= 0.6 is 0 Å². The number of nitrogens with one attached hydrogen (secondary N) is 2. The first kappa shape index (κ1) is 10.9. The minimum atomic E-state index is -0.206. The molecular formula is C11H15N3O2. The first-order valence-electron chi connectivity index (χ1n) is 5.31. The molecule has 86 valence electrons. The SMILES string of the molecule is Cc1cncc(NC(=O)NC2CCOC2)c1. The van der Waals surface area contributed by atoms with Crippen molar-refractivity contribution in [2.45, 2.75) is 19.4 Å². The van der Waals surface area contributed by atoms with Gasteiger partial charge in [0.15, 0.2) is 0 Å². The summed E-state index contributed by atoms with van der Waals surface area (Å²) in [5, 5.41) is 5.59. The molecule has 1 aromatic rings. The van der Waals surface area contributed by atoms with Crippen LogP contribution in [0.25, 0.3) is 0 Å². The average Bonchev–Trinajstić information content (AvgIpc) is 2.70. The third-order valence-corrected chi connectivity index (χ3v) is 2.40. The quantitative estimate of drug-likeness (QED) is 0.791. The summed E-state index contributed by atoms with van der Waals surface area (Å²) in [6, 6.07) is 1.79. The molecule has 2 amide bonds. The predicted molar refractivity (Wildman–Crippen MR) is 60.4 cm³/mol. The van der Waals surface area contributed by atoms with Gasteiger partial charge in [0, 0.05) is 12.8 Å². The van der Waals surface area contributed by atoms with Crippen molar-refractivity contribution >= 4 is 11.7 Å². The molecule has 5 heteroatoms. The van der Waals surface area contributed by atoms with Crippen LogP contribution in [0.3, 0.4) is 0 Å². The van der Waals surface area contributed by atoms with Crippen molar-refractivity contribution in [2.75, 3.05) is 18.5 Å². The number of nitrogens with zero attached hydrogens (tertiary/aromatic N) is 1. The first-order valence-corrected chi connectivity index (χ1v) is 5.31. The molecule has 5 nitrogen and oxygen atoms in total. The molecule has 0 spiro atoms. The summed E-state index contributed by atoms with van der Waals surface area (Å²) in [7, 11) is 0. The predicted octanol–water partition coefficient (Wildman–Crippen LogP) is 1.30. The Bertz CT molecular complexity index is 375. The van der Waals surface area contributed by atoms with Gasteiger partial charge in [-0.2, -0.15) is 0 Å². The summed E-state index contributed by atoms with van der Waals surface area (Å²) in [5.41, 5.74) is 1.72. The van der Waals surface area contributed by atoms with E-state index in [1.807, 2.05) is 13.0 Å². The molecule has 0 bridgehead atoms. The molecule has 1 unspecified atom stereocenters. The Morgan fingerprint density at radius 2 is 2.44 bits per heavy atom. The van der Waals surface area contributed by atoms with E-state index in [-0.39, 0.29) is 12.1 Å². The van der Waals surface area contributed by atoms with Crippen LogP contribution in [0, 0.1) is 6.92 Å². The fourth-order valence-corrected chi connectivity index (χ4v) is 1.62. The smallest absolute Gasteiger partial charge is 0.319 e. The number of urea groups is 1. The van der Waals surface area contributed by atoms with Crippen molar-refractivity contribution in [1.29, 1.82) is 0 Å². The van der Waals surface area contributed by atoms with E-state index in [4.69, 9.17) is 4.74 Å². The molecule has 1 saturated heterocycles. The molecule has 1 aromatic heterocycles. The van der Waals surface area contributed by atoms with Crippen LogP contribution in [0.4, 0.5) is 10.5 Å². The van der Waals surface area contributed by atoms with Crippen molar-refractivity contribution in [3.05, 3.63) is 24.0 Å². The molecule has 1 aliphatic heterocycles. The number of hydrogen-bond donors (Lipinski definition) is 2. The lowest BCUT2D eigenvalue weighted by Gasteiger charge is -2.11. The Morgan fingerprint density at radius 3 is 3.12 bits per heavy atom. The fourth-order valence-electron chi connectivity index (χ4n) is 1.62. The second-order valence-electron chi connectivity index (χ2n) is 3.91. The van der Waals surface area contributed by atoms with Crippen LogP contribution < -0.4 is 10.6 Å². The summed E-state index contributed by atoms with van der Waals surface area (Å²) in [4.78, 5) is 15.6. The number of amides is 2. The highest BCUT2D eigenvalue weighted by Crippen LogP contribution is 2.08. The van der Waals surface area contributed by atoms with Gasteiger partial charge in [0.2, 0.25) is 0 Å². The van der Waals surface area contributed by atoms with Gasteiger partial charge in [-0.3, -0.25) is 4.98 Å². The van der Waals surface area contributed by atoms with E-state index in [1.165, 1.54) is 0 Å². The lowest BCUT2D eigenvalue weighted by atomic mass is 10.3. The van der Waals surface area contributed by atoms with Crippen molar-refractivity contribution in [3.63, 3.8) is 0 Å². The zero-order valence-corrected chi connectivity index (χ0v) is 9.19. The maximum absolute atomic E-state index is 11.6. The number of hydrogen-bond acceptors (Lipinski definition) is 3. The highest BCUT2D eigenvalue weighted by atomic mass is 16.5. The van der Waals surface area contributed by atoms with Gasteiger partial charge < -0.3 is 15.4 Å². The summed E-state index contributed by atoms with van der Waals surface area (Å²) in [6.45, 7) is 3.25. The van der Waals surface area contributed by atoms with E-state index in [1.54, 1.807) is 12.4 Å². The highest BCUT2D eigenvalue weighted by Gasteiger charge is 2.17. The van der Waals surface area contributed by atoms with E-state index in [0.29, 0.717) is 12.3 Å². The van der Waals surface area contributed by atoms with E-state index in [2.05, 4.69) is 15.6 Å². The molecule has 2 heterocycles. The zero-order chi connectivity index (χ0) is 11.4. The normalized spacial score (nSPS) is 19.4. The molecular weight excluding hydrogens is 206 g/mol. The Balaban J connectivity index is 1.86. The van der Waals surface area contributed by atoms with Crippen LogP contribution in [0.15, 0.2) is 18.5 Å². The van der Waals surface area contributed by atoms with Crippen molar-refractivity contribution in [1.82, 2.24) is 10.3 Å². The molecule has 0 aromatic carbocycles. The van der Waals surface area contributed by atoms with Gasteiger partial charge in [0.05, 0.1) is 24.5 Å². The van der Waals surface area contributed by atoms with Crippen molar-refractivity contribution in [3.8, 4) is 0 Å². The van der Waals surface area contributed by atoms with E-state index >= 15 is 0 Å². The van der Waals surface area contributed by atoms with Crippen LogP contribution in [-0.4, -0.2) is 30.3 Å². The molecule has 1 atom stereocenters. The maximum atomic E-state index is 11.6. The molecule has 0 aliphatic carbocycles. The average molecular weight is 221 g/mol. The van der Waals surface area contributed by atoms with Gasteiger partial charge in [0.25, 0.3) is 0 Å². The first-order chi connectivity index (χ1) is 7.74. The minimum absolute atomic E-state index is 0.123. The van der Waals surface area contributed by atoms with Crippen LogP contribution in [0.1, 0.15) is 12.0 Å². The summed E-state index contributed by atoms with van der Waals surface area (Å²) in [5.74, 6) is 0. The number of anilines is 1. The third-order valence-electron chi connectivity index (χ3n) is 2.40. The van der Waals surface area contributed by atoms with E-state index < -0.39 is 0 Å². The van der Waals surface area contributed by atoms with Gasteiger partial charge >= 0.3 is 6.03 Å². The summed E-state index contributed by atoms with van der Waals surface area (Å²) >= 11 is 0. The van der Waals surface area contributed by atoms with Crippen molar-refractivity contribution < 1.29 is 9.53 Å². The Morgan fingerprint density at radius 1 is 1.56 bits per heavy atom. The third kappa shape index (κ3) is 2.93. The van der Waals surface area contributed by atoms with E-state index in [9.17, 15) is 4.79 Å². The number of pyridine rings is 1. The van der Waals surface area contributed by atoms with Gasteiger partial charge in [-0.1, -0.05) is 0 Å². The lowest BCUT2D eigenvalue weighted by Crippen LogP contribution is -2.38. The molecule has 1 aliphatic rings. The van der Waals surface area contributed by atoms with Gasteiger partial charge in [-0.15, -0.1) is 0 Å². The van der Waals surface area contributed by atoms with Crippen LogP contribution in [0.5, 0.6) is 0 Å². The molecule has 0 saturated carbocycles. The minimum Gasteiger partial charge on any atom is -0.379 e. The number of carbonyl (C=O) groups is 1. The fraction of sp³-hybridized carbons (Fsp3) is 0.455. The highest BCUT2D eigenvalue weighted by molar-refractivity contribution is 5.89. The standard InChI is InChI=1S/C11H15N3O2/c1-8-4-10(6-12-5-8)14-11(15)13-9-2-3-16-7-9/h4-6,9H,2-3,7H2,1H3,(H2,13,14,15). The number of ether oxygens (including phenoxy) is 1. The van der Waals surface area contributed by atoms with Gasteiger partial charge in [0.1, 0.15) is 0 Å². The van der Waals surface area contributed by atoms with Crippen LogP contribution in [0.2, 0.25) is 0 Å². The molecule has 0 radical (unpaired) electrons. The Kier molecular flexibility index (Phi) is 3.36. The van der Waals surface area contributed by atoms with Crippen LogP contribution in [-0.2, 0) is 4.74 Å². The second-order valence-corrected chi connectivity index (χ2v) is 3.91. The van der Waals surface area contributed by atoms with E-state index in [0.717, 1.165) is 18.6 Å². The monoisotopic (exact) mass is 221 g/mol. The largest absolute Gasteiger partial charge is 0.379 e. The molecule has 1 fully saturated rings. The number of rotatable bonds is 2. The number of aryl methyl sites for hydroxylation is 1. The molecule has 2 rings (SSSR count). The topological polar surface area (TPSA) is 63.2 Å².